The lowest BCUT2D eigenvalue weighted by Gasteiger charge is -2.20. The van der Waals surface area contributed by atoms with Crippen LogP contribution in [-0.2, 0) is 11.3 Å². The smallest absolute Gasteiger partial charge is 0.237 e. The summed E-state index contributed by atoms with van der Waals surface area (Å²) in [7, 11) is 0. The number of hydrogen-bond donors (Lipinski definition) is 0. The van der Waals surface area contributed by atoms with Crippen LogP contribution in [0.25, 0.3) is 10.7 Å². The summed E-state index contributed by atoms with van der Waals surface area (Å²) in [5, 5.41) is 11.6. The molecule has 5 nitrogen and oxygen atoms in total. The van der Waals surface area contributed by atoms with Gasteiger partial charge in [0, 0.05) is 12.2 Å². The molecule has 2 aromatic carbocycles. The maximum Gasteiger partial charge on any atom is 0.237 e. The zero-order chi connectivity index (χ0) is 20.8. The minimum atomic E-state index is 0.0561. The van der Waals surface area contributed by atoms with E-state index in [4.69, 9.17) is 0 Å². The van der Waals surface area contributed by atoms with Gasteiger partial charge >= 0.3 is 0 Å². The first kappa shape index (κ1) is 20.4. The number of amides is 1. The van der Waals surface area contributed by atoms with Crippen LogP contribution in [0.15, 0.2) is 83.3 Å². The molecule has 0 saturated carbocycles. The van der Waals surface area contributed by atoms with Crippen molar-refractivity contribution in [2.45, 2.75) is 18.6 Å². The predicted octanol–water partition coefficient (Wildman–Crippen LogP) is 5.20. The topological polar surface area (TPSA) is 51.0 Å². The van der Waals surface area contributed by atoms with Gasteiger partial charge in [0.1, 0.15) is 0 Å². The summed E-state index contributed by atoms with van der Waals surface area (Å²) in [6.07, 6.45) is 0. The quantitative estimate of drug-likeness (QED) is 0.358. The predicted molar refractivity (Wildman–Crippen MR) is 124 cm³/mol. The second-order valence-electron chi connectivity index (χ2n) is 6.62. The van der Waals surface area contributed by atoms with Gasteiger partial charge in [0.25, 0.3) is 0 Å². The van der Waals surface area contributed by atoms with E-state index in [0.717, 1.165) is 21.5 Å². The first-order valence-electron chi connectivity index (χ1n) is 9.75. The summed E-state index contributed by atoms with van der Waals surface area (Å²) in [6.45, 7) is 3.27. The highest BCUT2D eigenvalue weighted by Crippen LogP contribution is 2.28. The van der Waals surface area contributed by atoms with Crippen molar-refractivity contribution in [2.24, 2.45) is 0 Å². The van der Waals surface area contributed by atoms with Gasteiger partial charge < -0.3 is 4.90 Å². The summed E-state index contributed by atoms with van der Waals surface area (Å²) < 4.78 is 2.10. The fourth-order valence-electron chi connectivity index (χ4n) is 3.21. The Kier molecular flexibility index (Phi) is 6.61. The number of aromatic nitrogens is 3. The van der Waals surface area contributed by atoms with E-state index in [1.54, 1.807) is 16.2 Å². The van der Waals surface area contributed by atoms with Crippen LogP contribution in [-0.4, -0.2) is 33.0 Å². The molecular weight excluding hydrogens is 412 g/mol. The fraction of sp³-hybridized carbons (Fsp3) is 0.174. The molecule has 0 fully saturated rings. The molecule has 0 unspecified atom stereocenters. The Hall–Kier alpha value is -2.90. The maximum absolute atomic E-state index is 12.9. The van der Waals surface area contributed by atoms with E-state index in [-0.39, 0.29) is 5.91 Å². The average molecular weight is 435 g/mol. The van der Waals surface area contributed by atoms with E-state index in [0.29, 0.717) is 18.8 Å². The van der Waals surface area contributed by atoms with Crippen LogP contribution in [0.3, 0.4) is 0 Å². The van der Waals surface area contributed by atoms with Gasteiger partial charge in [-0.05, 0) is 36.1 Å². The molecule has 0 radical (unpaired) electrons. The molecule has 0 atom stereocenters. The first-order chi connectivity index (χ1) is 14.8. The minimum absolute atomic E-state index is 0.0561. The van der Waals surface area contributed by atoms with Gasteiger partial charge in [0.2, 0.25) is 5.91 Å². The molecule has 0 aliphatic rings. The molecule has 0 N–H and O–H groups in total. The van der Waals surface area contributed by atoms with Gasteiger partial charge in [-0.25, -0.2) is 0 Å². The van der Waals surface area contributed by atoms with Gasteiger partial charge in [-0.2, -0.15) is 0 Å². The molecule has 4 rings (SSSR count). The number of anilines is 1. The molecular formula is C23H22N4OS2. The first-order valence-corrected chi connectivity index (χ1v) is 11.6. The van der Waals surface area contributed by atoms with Crippen molar-refractivity contribution in [2.75, 3.05) is 17.2 Å². The van der Waals surface area contributed by atoms with Crippen LogP contribution in [0.5, 0.6) is 0 Å². The van der Waals surface area contributed by atoms with Crippen molar-refractivity contribution in [1.29, 1.82) is 0 Å². The summed E-state index contributed by atoms with van der Waals surface area (Å²) >= 11 is 3.07. The summed E-state index contributed by atoms with van der Waals surface area (Å²) in [6, 6.07) is 24.1. The Morgan fingerprint density at radius 1 is 1.00 bits per heavy atom. The number of hydrogen-bond acceptors (Lipinski definition) is 5. The highest BCUT2D eigenvalue weighted by molar-refractivity contribution is 7.99. The van der Waals surface area contributed by atoms with Crippen LogP contribution >= 0.6 is 23.1 Å². The van der Waals surface area contributed by atoms with Crippen molar-refractivity contribution in [1.82, 2.24) is 14.8 Å². The SMILES string of the molecule is CCN(C(=O)CSc1nnc(-c2cccs2)n1Cc1ccccc1)c1ccccc1. The lowest BCUT2D eigenvalue weighted by molar-refractivity contribution is -0.116. The van der Waals surface area contributed by atoms with Crippen molar-refractivity contribution in [3.63, 3.8) is 0 Å². The van der Waals surface area contributed by atoms with Crippen molar-refractivity contribution < 1.29 is 4.79 Å². The van der Waals surface area contributed by atoms with E-state index >= 15 is 0 Å². The average Bonchev–Trinajstić information content (AvgIpc) is 3.44. The molecule has 30 heavy (non-hydrogen) atoms. The highest BCUT2D eigenvalue weighted by atomic mass is 32.2. The molecule has 2 aromatic heterocycles. The van der Waals surface area contributed by atoms with Crippen LogP contribution in [0.2, 0.25) is 0 Å². The Morgan fingerprint density at radius 3 is 2.40 bits per heavy atom. The number of carbonyl (C=O) groups excluding carboxylic acids is 1. The standard InChI is InChI=1S/C23H22N4OS2/c1-2-26(19-12-7-4-8-13-19)21(28)17-30-23-25-24-22(20-14-9-15-29-20)27(23)16-18-10-5-3-6-11-18/h3-15H,2,16-17H2,1H3. The summed E-state index contributed by atoms with van der Waals surface area (Å²) in [4.78, 5) is 15.8. The zero-order valence-electron chi connectivity index (χ0n) is 16.6. The van der Waals surface area contributed by atoms with E-state index in [9.17, 15) is 4.79 Å². The number of rotatable bonds is 8. The minimum Gasteiger partial charge on any atom is -0.312 e. The monoisotopic (exact) mass is 434 g/mol. The molecule has 152 valence electrons. The van der Waals surface area contributed by atoms with Gasteiger partial charge in [-0.15, -0.1) is 21.5 Å². The van der Waals surface area contributed by atoms with Crippen LogP contribution in [0, 0.1) is 0 Å². The van der Waals surface area contributed by atoms with Gasteiger partial charge in [-0.3, -0.25) is 9.36 Å². The number of thiophene rings is 1. The van der Waals surface area contributed by atoms with Crippen molar-refractivity contribution in [3.8, 4) is 10.7 Å². The van der Waals surface area contributed by atoms with Gasteiger partial charge in [-0.1, -0.05) is 66.4 Å². The number of nitrogens with zero attached hydrogens (tertiary/aromatic N) is 4. The second-order valence-corrected chi connectivity index (χ2v) is 8.51. The number of thioether (sulfide) groups is 1. The number of para-hydroxylation sites is 1. The second kappa shape index (κ2) is 9.73. The normalized spacial score (nSPS) is 10.8. The molecule has 0 aliphatic heterocycles. The zero-order valence-corrected chi connectivity index (χ0v) is 18.3. The van der Waals surface area contributed by atoms with E-state index in [2.05, 4.69) is 26.9 Å². The molecule has 7 heteroatoms. The Bertz CT molecular complexity index is 1080. The summed E-state index contributed by atoms with van der Waals surface area (Å²) in [5.74, 6) is 1.19. The lowest BCUT2D eigenvalue weighted by Crippen LogP contribution is -2.32. The summed E-state index contributed by atoms with van der Waals surface area (Å²) in [5.41, 5.74) is 2.08. The Labute approximate surface area is 184 Å². The van der Waals surface area contributed by atoms with E-state index in [1.165, 1.54) is 17.3 Å². The van der Waals surface area contributed by atoms with Gasteiger partial charge in [0.05, 0.1) is 17.2 Å². The molecule has 0 spiro atoms. The lowest BCUT2D eigenvalue weighted by atomic mass is 10.2. The van der Waals surface area contributed by atoms with Gasteiger partial charge in [0.15, 0.2) is 11.0 Å². The van der Waals surface area contributed by atoms with E-state index < -0.39 is 0 Å². The van der Waals surface area contributed by atoms with E-state index in [1.807, 2.05) is 73.0 Å². The van der Waals surface area contributed by atoms with Crippen LogP contribution < -0.4 is 4.90 Å². The fourth-order valence-corrected chi connectivity index (χ4v) is 4.74. The number of carbonyl (C=O) groups is 1. The van der Waals surface area contributed by atoms with Crippen LogP contribution in [0.4, 0.5) is 5.69 Å². The third kappa shape index (κ3) is 4.63. The molecule has 2 heterocycles. The highest BCUT2D eigenvalue weighted by Gasteiger charge is 2.19. The molecule has 1 amide bonds. The maximum atomic E-state index is 12.9. The van der Waals surface area contributed by atoms with Crippen LogP contribution in [0.1, 0.15) is 12.5 Å². The van der Waals surface area contributed by atoms with Crippen molar-refractivity contribution in [3.05, 3.63) is 83.7 Å². The Balaban J connectivity index is 1.56. The Morgan fingerprint density at radius 2 is 1.73 bits per heavy atom. The number of benzene rings is 2. The molecule has 0 bridgehead atoms. The third-order valence-corrected chi connectivity index (χ3v) is 6.47. The molecule has 4 aromatic rings. The molecule has 0 aliphatic carbocycles. The largest absolute Gasteiger partial charge is 0.312 e. The third-order valence-electron chi connectivity index (χ3n) is 4.65. The molecule has 0 saturated heterocycles. The van der Waals surface area contributed by atoms with Crippen molar-refractivity contribution >= 4 is 34.7 Å².